The average molecular weight is 272 g/mol. The molecule has 19 heavy (non-hydrogen) atoms. The summed E-state index contributed by atoms with van der Waals surface area (Å²) in [6.07, 6.45) is 0. The van der Waals surface area contributed by atoms with Crippen LogP contribution >= 0.6 is 0 Å². The Morgan fingerprint density at radius 1 is 0.842 bits per heavy atom. The highest BCUT2D eigenvalue weighted by molar-refractivity contribution is 7.83. The Kier molecular flexibility index (Phi) is 4.54. The first kappa shape index (κ1) is 14.0. The molecule has 0 heterocycles. The molecule has 100 valence electrons. The minimum atomic E-state index is -0.847. The molecule has 1 unspecified atom stereocenters. The number of aryl methyl sites for hydroxylation is 3. The zero-order chi connectivity index (χ0) is 13.8. The molecule has 0 aromatic heterocycles. The van der Waals surface area contributed by atoms with Crippen molar-refractivity contribution in [2.45, 2.75) is 32.3 Å². The van der Waals surface area contributed by atoms with Crippen molar-refractivity contribution in [1.29, 1.82) is 0 Å². The summed E-state index contributed by atoms with van der Waals surface area (Å²) >= 11 is 0. The monoisotopic (exact) mass is 272 g/mol. The van der Waals surface area contributed by atoms with Crippen LogP contribution in [0.2, 0.25) is 0 Å². The lowest BCUT2D eigenvalue weighted by Gasteiger charge is -2.07. The molecule has 0 amide bonds. The van der Waals surface area contributed by atoms with Gasteiger partial charge < -0.3 is 0 Å². The molecule has 1 atom stereocenters. The van der Waals surface area contributed by atoms with Crippen molar-refractivity contribution in [3.63, 3.8) is 0 Å². The predicted octanol–water partition coefficient (Wildman–Crippen LogP) is 4.06. The van der Waals surface area contributed by atoms with Crippen LogP contribution in [0.4, 0.5) is 0 Å². The standard InChI is InChI=1S/C17H20OS/c1-13-5-8-16(9-6-13)11-19(18)12-17-10-14(2)4-7-15(17)3/h4-10H,11-12H2,1-3H3. The topological polar surface area (TPSA) is 17.1 Å². The van der Waals surface area contributed by atoms with Gasteiger partial charge in [-0.3, -0.25) is 4.21 Å². The van der Waals surface area contributed by atoms with Gasteiger partial charge >= 0.3 is 0 Å². The molecule has 0 aliphatic carbocycles. The maximum atomic E-state index is 12.2. The fourth-order valence-corrected chi connectivity index (χ4v) is 3.37. The largest absolute Gasteiger partial charge is 0.259 e. The lowest BCUT2D eigenvalue weighted by molar-refractivity contribution is 0.682. The molecule has 2 rings (SSSR count). The Bertz CT molecular complexity index is 585. The summed E-state index contributed by atoms with van der Waals surface area (Å²) in [6.45, 7) is 6.22. The molecule has 0 bridgehead atoms. The van der Waals surface area contributed by atoms with E-state index in [0.717, 1.165) is 5.56 Å². The Morgan fingerprint density at radius 2 is 1.47 bits per heavy atom. The normalized spacial score (nSPS) is 12.4. The van der Waals surface area contributed by atoms with Gasteiger partial charge in [-0.25, -0.2) is 0 Å². The van der Waals surface area contributed by atoms with Gasteiger partial charge in [0.2, 0.25) is 0 Å². The third-order valence-corrected chi connectivity index (χ3v) is 4.56. The lowest BCUT2D eigenvalue weighted by atomic mass is 10.1. The Labute approximate surface area is 118 Å². The van der Waals surface area contributed by atoms with Gasteiger partial charge in [0, 0.05) is 22.3 Å². The summed E-state index contributed by atoms with van der Waals surface area (Å²) in [7, 11) is -0.847. The summed E-state index contributed by atoms with van der Waals surface area (Å²) in [5.41, 5.74) is 6.04. The van der Waals surface area contributed by atoms with E-state index >= 15 is 0 Å². The van der Waals surface area contributed by atoms with Gasteiger partial charge in [0.25, 0.3) is 0 Å². The first-order chi connectivity index (χ1) is 9.04. The number of hydrogen-bond acceptors (Lipinski definition) is 1. The molecule has 0 N–H and O–H groups in total. The summed E-state index contributed by atoms with van der Waals surface area (Å²) in [4.78, 5) is 0. The Balaban J connectivity index is 2.05. The second kappa shape index (κ2) is 6.16. The van der Waals surface area contributed by atoms with Crippen molar-refractivity contribution in [2.75, 3.05) is 0 Å². The van der Waals surface area contributed by atoms with Crippen LogP contribution in [0, 0.1) is 20.8 Å². The van der Waals surface area contributed by atoms with Gasteiger partial charge in [-0.05, 0) is 37.5 Å². The summed E-state index contributed by atoms with van der Waals surface area (Å²) in [5, 5.41) is 0. The van der Waals surface area contributed by atoms with Crippen LogP contribution in [-0.4, -0.2) is 4.21 Å². The molecule has 0 aliphatic heterocycles. The molecule has 0 spiro atoms. The van der Waals surface area contributed by atoms with Crippen LogP contribution in [0.1, 0.15) is 27.8 Å². The minimum absolute atomic E-state index is 0.633. The second-order valence-electron chi connectivity index (χ2n) is 5.14. The maximum Gasteiger partial charge on any atom is 0.0491 e. The first-order valence-corrected chi connectivity index (χ1v) is 8.00. The van der Waals surface area contributed by atoms with Crippen molar-refractivity contribution in [3.8, 4) is 0 Å². The van der Waals surface area contributed by atoms with E-state index in [9.17, 15) is 4.21 Å². The summed E-state index contributed by atoms with van der Waals surface area (Å²) < 4.78 is 12.2. The van der Waals surface area contributed by atoms with Crippen molar-refractivity contribution in [3.05, 3.63) is 70.3 Å². The van der Waals surface area contributed by atoms with Crippen LogP contribution in [0.3, 0.4) is 0 Å². The number of hydrogen-bond donors (Lipinski definition) is 0. The zero-order valence-corrected chi connectivity index (χ0v) is 12.6. The number of rotatable bonds is 4. The molecular weight excluding hydrogens is 252 g/mol. The Hall–Kier alpha value is -1.41. The van der Waals surface area contributed by atoms with Gasteiger partial charge in [-0.2, -0.15) is 0 Å². The van der Waals surface area contributed by atoms with Gasteiger partial charge in [0.1, 0.15) is 0 Å². The smallest absolute Gasteiger partial charge is 0.0491 e. The van der Waals surface area contributed by atoms with E-state index in [1.165, 1.54) is 22.3 Å². The van der Waals surface area contributed by atoms with Crippen LogP contribution in [-0.2, 0) is 22.3 Å². The fourth-order valence-electron chi connectivity index (χ4n) is 2.05. The highest BCUT2D eigenvalue weighted by atomic mass is 32.2. The predicted molar refractivity (Wildman–Crippen MR) is 82.6 cm³/mol. The van der Waals surface area contributed by atoms with Crippen molar-refractivity contribution >= 4 is 10.8 Å². The fraction of sp³-hybridized carbons (Fsp3) is 0.294. The van der Waals surface area contributed by atoms with E-state index < -0.39 is 10.8 Å². The van der Waals surface area contributed by atoms with E-state index in [2.05, 4.69) is 63.2 Å². The molecule has 0 saturated heterocycles. The van der Waals surface area contributed by atoms with E-state index in [1.807, 2.05) is 0 Å². The van der Waals surface area contributed by atoms with Crippen LogP contribution in [0.15, 0.2) is 42.5 Å². The molecule has 2 aromatic rings. The highest BCUT2D eigenvalue weighted by Crippen LogP contribution is 2.15. The highest BCUT2D eigenvalue weighted by Gasteiger charge is 2.06. The second-order valence-corrected chi connectivity index (χ2v) is 6.60. The third kappa shape index (κ3) is 4.03. The van der Waals surface area contributed by atoms with Gasteiger partial charge in [0.05, 0.1) is 0 Å². The molecule has 0 aliphatic rings. The average Bonchev–Trinajstić information content (AvgIpc) is 2.37. The molecule has 1 nitrogen and oxygen atoms in total. The summed E-state index contributed by atoms with van der Waals surface area (Å²) in [6, 6.07) is 14.6. The van der Waals surface area contributed by atoms with E-state index in [4.69, 9.17) is 0 Å². The van der Waals surface area contributed by atoms with Crippen molar-refractivity contribution in [1.82, 2.24) is 0 Å². The lowest BCUT2D eigenvalue weighted by Crippen LogP contribution is -2.01. The van der Waals surface area contributed by atoms with Crippen LogP contribution in [0.5, 0.6) is 0 Å². The van der Waals surface area contributed by atoms with E-state index in [1.54, 1.807) is 0 Å². The zero-order valence-electron chi connectivity index (χ0n) is 11.8. The quantitative estimate of drug-likeness (QED) is 0.820. The molecule has 2 heteroatoms. The molecule has 2 aromatic carbocycles. The van der Waals surface area contributed by atoms with Crippen molar-refractivity contribution < 1.29 is 4.21 Å². The SMILES string of the molecule is Cc1ccc(CS(=O)Cc2cc(C)ccc2C)cc1. The molecule has 0 fully saturated rings. The van der Waals surface area contributed by atoms with Gasteiger partial charge in [-0.15, -0.1) is 0 Å². The third-order valence-electron chi connectivity index (χ3n) is 3.27. The summed E-state index contributed by atoms with van der Waals surface area (Å²) in [5.74, 6) is 1.27. The molecule has 0 radical (unpaired) electrons. The minimum Gasteiger partial charge on any atom is -0.259 e. The Morgan fingerprint density at radius 3 is 2.16 bits per heavy atom. The van der Waals surface area contributed by atoms with E-state index in [-0.39, 0.29) is 0 Å². The number of benzene rings is 2. The van der Waals surface area contributed by atoms with E-state index in [0.29, 0.717) is 11.5 Å². The molecular formula is C17H20OS. The maximum absolute atomic E-state index is 12.2. The van der Waals surface area contributed by atoms with Gasteiger partial charge in [0.15, 0.2) is 0 Å². The first-order valence-electron chi connectivity index (χ1n) is 6.51. The van der Waals surface area contributed by atoms with Crippen LogP contribution < -0.4 is 0 Å². The van der Waals surface area contributed by atoms with Crippen LogP contribution in [0.25, 0.3) is 0 Å². The van der Waals surface area contributed by atoms with Gasteiger partial charge in [-0.1, -0.05) is 53.6 Å². The molecule has 0 saturated carbocycles. The van der Waals surface area contributed by atoms with Crippen molar-refractivity contribution in [2.24, 2.45) is 0 Å².